The number of likely N-dealkylation sites (tertiary alicyclic amines) is 1. The van der Waals surface area contributed by atoms with Crippen LogP contribution in [0.25, 0.3) is 0 Å². The zero-order valence-electron chi connectivity index (χ0n) is 15.5. The second-order valence-corrected chi connectivity index (χ2v) is 6.32. The number of hydrogen-bond donors (Lipinski definition) is 2. The van der Waals surface area contributed by atoms with Gasteiger partial charge >= 0.3 is 0 Å². The average Bonchev–Trinajstić information content (AvgIpc) is 2.62. The predicted molar refractivity (Wildman–Crippen MR) is 116 cm³/mol. The molecule has 1 heterocycles. The lowest BCUT2D eigenvalue weighted by Gasteiger charge is -2.33. The fourth-order valence-electron chi connectivity index (χ4n) is 3.05. The van der Waals surface area contributed by atoms with E-state index in [4.69, 9.17) is 4.74 Å². The molecule has 0 aliphatic carbocycles. The van der Waals surface area contributed by atoms with Crippen molar-refractivity contribution in [1.29, 1.82) is 0 Å². The van der Waals surface area contributed by atoms with E-state index in [0.29, 0.717) is 6.61 Å². The fraction of sp³-hybridized carbons (Fsp3) is 0.632. The van der Waals surface area contributed by atoms with E-state index in [-0.39, 0.29) is 24.0 Å². The zero-order chi connectivity index (χ0) is 17.0. The number of nitrogens with zero attached hydrogens (tertiary/aromatic N) is 2. The molecule has 0 amide bonds. The van der Waals surface area contributed by atoms with Gasteiger partial charge in [-0.1, -0.05) is 24.6 Å². The number of hydrogen-bond acceptors (Lipinski definition) is 3. The molecule has 25 heavy (non-hydrogen) atoms. The van der Waals surface area contributed by atoms with Gasteiger partial charge in [0.05, 0.1) is 6.54 Å². The van der Waals surface area contributed by atoms with Gasteiger partial charge in [-0.15, -0.1) is 24.0 Å². The molecular formula is C19H33IN4O. The molecular weight excluding hydrogens is 427 g/mol. The fourth-order valence-corrected chi connectivity index (χ4v) is 3.05. The Labute approximate surface area is 169 Å². The minimum Gasteiger partial charge on any atom is -0.492 e. The van der Waals surface area contributed by atoms with Crippen molar-refractivity contribution in [3.8, 4) is 5.75 Å². The predicted octanol–water partition coefficient (Wildman–Crippen LogP) is 3.11. The Balaban J connectivity index is 0.00000312. The number of aliphatic imine (C=N–C) groups is 1. The number of nitrogens with one attached hydrogen (secondary N) is 2. The van der Waals surface area contributed by atoms with Gasteiger partial charge in [0.2, 0.25) is 0 Å². The number of rotatable bonds is 8. The molecule has 142 valence electrons. The summed E-state index contributed by atoms with van der Waals surface area (Å²) in [6, 6.07) is 10.6. The Kier molecular flexibility index (Phi) is 11.6. The molecule has 1 atom stereocenters. The van der Waals surface area contributed by atoms with Crippen LogP contribution in [0.5, 0.6) is 5.75 Å². The van der Waals surface area contributed by atoms with Crippen molar-refractivity contribution in [2.45, 2.75) is 38.6 Å². The lowest BCUT2D eigenvalue weighted by molar-refractivity contribution is 0.159. The highest BCUT2D eigenvalue weighted by Crippen LogP contribution is 2.16. The largest absolute Gasteiger partial charge is 0.492 e. The third-order valence-electron chi connectivity index (χ3n) is 4.49. The molecule has 0 aromatic heterocycles. The first-order valence-electron chi connectivity index (χ1n) is 9.16. The normalized spacial score (nSPS) is 18.3. The maximum Gasteiger partial charge on any atom is 0.191 e. The molecule has 2 N–H and O–H groups in total. The van der Waals surface area contributed by atoms with Crippen molar-refractivity contribution in [2.24, 2.45) is 4.99 Å². The number of halogens is 1. The standard InChI is InChI=1S/C19H32N4O.HI/c1-17-9-6-7-14-23(17)15-8-12-21-19(20-2)22-13-16-24-18-10-4-3-5-11-18;/h3-5,10-11,17H,6-9,12-16H2,1-2H3,(H2,20,21,22);1H. The Hall–Kier alpha value is -1.02. The van der Waals surface area contributed by atoms with E-state index in [9.17, 15) is 0 Å². The molecule has 2 rings (SSSR count). The van der Waals surface area contributed by atoms with Crippen LogP contribution >= 0.6 is 24.0 Å². The van der Waals surface area contributed by atoms with E-state index >= 15 is 0 Å². The molecule has 1 aromatic carbocycles. The van der Waals surface area contributed by atoms with Gasteiger partial charge in [-0.2, -0.15) is 0 Å². The molecule has 1 fully saturated rings. The molecule has 0 bridgehead atoms. The first kappa shape index (κ1) is 22.0. The van der Waals surface area contributed by atoms with Crippen molar-refractivity contribution in [3.05, 3.63) is 30.3 Å². The monoisotopic (exact) mass is 460 g/mol. The highest BCUT2D eigenvalue weighted by molar-refractivity contribution is 14.0. The van der Waals surface area contributed by atoms with E-state index < -0.39 is 0 Å². The van der Waals surface area contributed by atoms with E-state index in [1.165, 1.54) is 32.4 Å². The summed E-state index contributed by atoms with van der Waals surface area (Å²) in [5.74, 6) is 1.75. The summed E-state index contributed by atoms with van der Waals surface area (Å²) in [5, 5.41) is 6.67. The third kappa shape index (κ3) is 8.76. The Bertz CT molecular complexity index is 484. The maximum atomic E-state index is 5.67. The van der Waals surface area contributed by atoms with Crippen molar-refractivity contribution in [3.63, 3.8) is 0 Å². The summed E-state index contributed by atoms with van der Waals surface area (Å²) in [6.45, 7) is 7.07. The maximum absolute atomic E-state index is 5.67. The molecule has 1 aromatic rings. The van der Waals surface area contributed by atoms with Gasteiger partial charge in [0.25, 0.3) is 0 Å². The van der Waals surface area contributed by atoms with Crippen LogP contribution in [0.1, 0.15) is 32.6 Å². The van der Waals surface area contributed by atoms with Gasteiger partial charge < -0.3 is 20.3 Å². The number of para-hydroxylation sites is 1. The van der Waals surface area contributed by atoms with Crippen LogP contribution < -0.4 is 15.4 Å². The molecule has 1 aliphatic heterocycles. The minimum atomic E-state index is 0. The van der Waals surface area contributed by atoms with Crippen LogP contribution in [0, 0.1) is 0 Å². The summed E-state index contributed by atoms with van der Waals surface area (Å²) in [5.41, 5.74) is 0. The number of guanidine groups is 1. The van der Waals surface area contributed by atoms with Gasteiger partial charge in [0.15, 0.2) is 5.96 Å². The zero-order valence-corrected chi connectivity index (χ0v) is 17.9. The Morgan fingerprint density at radius 1 is 1.20 bits per heavy atom. The third-order valence-corrected chi connectivity index (χ3v) is 4.49. The van der Waals surface area contributed by atoms with Gasteiger partial charge in [0.1, 0.15) is 12.4 Å². The van der Waals surface area contributed by atoms with Gasteiger partial charge in [-0.05, 0) is 44.9 Å². The Morgan fingerprint density at radius 3 is 2.68 bits per heavy atom. The summed E-state index contributed by atoms with van der Waals surface area (Å²) >= 11 is 0. The average molecular weight is 460 g/mol. The van der Waals surface area contributed by atoms with E-state index in [1.54, 1.807) is 7.05 Å². The van der Waals surface area contributed by atoms with Crippen LogP contribution in [0.4, 0.5) is 0 Å². The van der Waals surface area contributed by atoms with Crippen LogP contribution in [0.3, 0.4) is 0 Å². The minimum absolute atomic E-state index is 0. The van der Waals surface area contributed by atoms with Crippen LogP contribution in [0.2, 0.25) is 0 Å². The van der Waals surface area contributed by atoms with Crippen molar-refractivity contribution in [1.82, 2.24) is 15.5 Å². The lowest BCUT2D eigenvalue weighted by atomic mass is 10.0. The summed E-state index contributed by atoms with van der Waals surface area (Å²) in [4.78, 5) is 6.86. The SMILES string of the molecule is CN=C(NCCCN1CCCCC1C)NCCOc1ccccc1.I. The summed E-state index contributed by atoms with van der Waals surface area (Å²) in [7, 11) is 1.81. The molecule has 1 aliphatic rings. The van der Waals surface area contributed by atoms with Crippen LogP contribution in [0.15, 0.2) is 35.3 Å². The lowest BCUT2D eigenvalue weighted by Crippen LogP contribution is -2.42. The van der Waals surface area contributed by atoms with Crippen molar-refractivity contribution in [2.75, 3.05) is 39.8 Å². The molecule has 0 radical (unpaired) electrons. The van der Waals surface area contributed by atoms with Crippen molar-refractivity contribution < 1.29 is 4.74 Å². The quantitative estimate of drug-likeness (QED) is 0.271. The topological polar surface area (TPSA) is 48.9 Å². The molecule has 0 saturated carbocycles. The molecule has 1 saturated heterocycles. The van der Waals surface area contributed by atoms with Gasteiger partial charge in [-0.3, -0.25) is 4.99 Å². The van der Waals surface area contributed by atoms with Crippen LogP contribution in [-0.4, -0.2) is 56.7 Å². The first-order chi connectivity index (χ1) is 11.8. The van der Waals surface area contributed by atoms with E-state index in [0.717, 1.165) is 37.3 Å². The second-order valence-electron chi connectivity index (χ2n) is 6.32. The Morgan fingerprint density at radius 2 is 1.96 bits per heavy atom. The summed E-state index contributed by atoms with van der Waals surface area (Å²) in [6.07, 6.45) is 5.23. The van der Waals surface area contributed by atoms with E-state index in [1.807, 2.05) is 30.3 Å². The number of ether oxygens (including phenoxy) is 1. The highest BCUT2D eigenvalue weighted by atomic mass is 127. The van der Waals surface area contributed by atoms with Gasteiger partial charge in [0, 0.05) is 26.2 Å². The van der Waals surface area contributed by atoms with Crippen LogP contribution in [-0.2, 0) is 0 Å². The number of benzene rings is 1. The second kappa shape index (κ2) is 13.2. The molecule has 1 unspecified atom stereocenters. The summed E-state index contributed by atoms with van der Waals surface area (Å²) < 4.78 is 5.67. The molecule has 0 spiro atoms. The van der Waals surface area contributed by atoms with E-state index in [2.05, 4.69) is 27.4 Å². The van der Waals surface area contributed by atoms with Crippen molar-refractivity contribution >= 4 is 29.9 Å². The number of piperidine rings is 1. The smallest absolute Gasteiger partial charge is 0.191 e. The molecule has 5 nitrogen and oxygen atoms in total. The highest BCUT2D eigenvalue weighted by Gasteiger charge is 2.16. The van der Waals surface area contributed by atoms with Gasteiger partial charge in [-0.25, -0.2) is 0 Å². The first-order valence-corrected chi connectivity index (χ1v) is 9.16. The molecule has 6 heteroatoms.